The molecule has 0 atom stereocenters. The van der Waals surface area contributed by atoms with Crippen molar-refractivity contribution in [3.63, 3.8) is 0 Å². The Bertz CT molecular complexity index is 686. The number of carboxylic acids is 1. The second-order valence-electron chi connectivity index (χ2n) is 4.30. The number of aromatic nitrogens is 1. The third kappa shape index (κ3) is 3.72. The average Bonchev–Trinajstić information content (AvgIpc) is 2.40. The maximum atomic E-state index is 12.7. The molecule has 0 aliphatic carbocycles. The highest BCUT2D eigenvalue weighted by Gasteiger charge is 2.30. The molecule has 2 rings (SSSR count). The number of hydrogen-bond donors (Lipinski definition) is 1. The number of pyridine rings is 1. The number of alkyl halides is 3. The largest absolute Gasteiger partial charge is 0.481 e. The minimum atomic E-state index is -4.43. The maximum Gasteiger partial charge on any atom is 0.416 e. The first kappa shape index (κ1) is 15.3. The number of benzene rings is 1. The van der Waals surface area contributed by atoms with Crippen LogP contribution in [0.4, 0.5) is 13.2 Å². The van der Waals surface area contributed by atoms with Crippen molar-refractivity contribution in [2.24, 2.45) is 0 Å². The highest BCUT2D eigenvalue weighted by Crippen LogP contribution is 2.32. The fourth-order valence-corrected chi connectivity index (χ4v) is 2.01. The van der Waals surface area contributed by atoms with Gasteiger partial charge in [-0.1, -0.05) is 23.7 Å². The van der Waals surface area contributed by atoms with E-state index in [4.69, 9.17) is 16.7 Å². The van der Waals surface area contributed by atoms with Gasteiger partial charge in [0.25, 0.3) is 0 Å². The molecule has 1 aromatic carbocycles. The van der Waals surface area contributed by atoms with Crippen LogP contribution in [-0.4, -0.2) is 16.1 Å². The molecule has 3 nitrogen and oxygen atoms in total. The van der Waals surface area contributed by atoms with Crippen molar-refractivity contribution < 1.29 is 23.1 Å². The van der Waals surface area contributed by atoms with Crippen LogP contribution in [0.2, 0.25) is 5.02 Å². The first-order valence-corrected chi connectivity index (χ1v) is 6.19. The zero-order chi connectivity index (χ0) is 15.6. The molecule has 0 spiro atoms. The van der Waals surface area contributed by atoms with E-state index in [1.807, 2.05) is 0 Å². The normalized spacial score (nSPS) is 11.4. The summed E-state index contributed by atoms with van der Waals surface area (Å²) in [5.74, 6) is -1.09. The molecule has 0 saturated carbocycles. The molecule has 0 fully saturated rings. The Morgan fingerprint density at radius 1 is 1.24 bits per heavy atom. The molecule has 0 radical (unpaired) electrons. The van der Waals surface area contributed by atoms with E-state index >= 15 is 0 Å². The van der Waals surface area contributed by atoms with Crippen molar-refractivity contribution >= 4 is 17.6 Å². The van der Waals surface area contributed by atoms with Crippen LogP contribution in [0.15, 0.2) is 36.5 Å². The number of carboxylic acid groups (broad SMARTS) is 1. The van der Waals surface area contributed by atoms with Gasteiger partial charge in [-0.05, 0) is 23.8 Å². The third-order valence-electron chi connectivity index (χ3n) is 2.76. The van der Waals surface area contributed by atoms with E-state index in [0.29, 0.717) is 11.1 Å². The number of nitrogens with zero attached hydrogens (tertiary/aromatic N) is 1. The van der Waals surface area contributed by atoms with Crippen molar-refractivity contribution in [2.45, 2.75) is 12.6 Å². The molecule has 0 aliphatic heterocycles. The van der Waals surface area contributed by atoms with Crippen molar-refractivity contribution in [3.8, 4) is 11.1 Å². The van der Waals surface area contributed by atoms with E-state index in [0.717, 1.165) is 12.1 Å². The van der Waals surface area contributed by atoms with Crippen molar-refractivity contribution in [3.05, 3.63) is 52.8 Å². The van der Waals surface area contributed by atoms with Gasteiger partial charge < -0.3 is 5.11 Å². The second-order valence-corrected chi connectivity index (χ2v) is 4.71. The van der Waals surface area contributed by atoms with Crippen LogP contribution in [0.5, 0.6) is 0 Å². The summed E-state index contributed by atoms with van der Waals surface area (Å²) in [6.07, 6.45) is -3.47. The Morgan fingerprint density at radius 3 is 2.52 bits per heavy atom. The Morgan fingerprint density at radius 2 is 1.95 bits per heavy atom. The summed E-state index contributed by atoms with van der Waals surface area (Å²) in [6.45, 7) is 0. The van der Waals surface area contributed by atoms with Crippen LogP contribution < -0.4 is 0 Å². The molecule has 2 aromatic rings. The van der Waals surface area contributed by atoms with E-state index in [2.05, 4.69) is 4.98 Å². The van der Waals surface area contributed by atoms with Gasteiger partial charge >= 0.3 is 12.1 Å². The molecule has 1 aromatic heterocycles. The summed E-state index contributed by atoms with van der Waals surface area (Å²) >= 11 is 5.91. The van der Waals surface area contributed by atoms with Crippen LogP contribution in [0, 0.1) is 0 Å². The summed E-state index contributed by atoms with van der Waals surface area (Å²) in [6, 6.07) is 6.15. The van der Waals surface area contributed by atoms with E-state index in [-0.39, 0.29) is 17.1 Å². The van der Waals surface area contributed by atoms with Gasteiger partial charge in [-0.25, -0.2) is 0 Å². The minimum absolute atomic E-state index is 0.104. The average molecular weight is 316 g/mol. The second kappa shape index (κ2) is 5.73. The highest BCUT2D eigenvalue weighted by atomic mass is 35.5. The van der Waals surface area contributed by atoms with Gasteiger partial charge in [0.2, 0.25) is 0 Å². The van der Waals surface area contributed by atoms with Gasteiger partial charge in [0.15, 0.2) is 0 Å². The Hall–Kier alpha value is -2.08. The van der Waals surface area contributed by atoms with Gasteiger partial charge in [0, 0.05) is 11.8 Å². The molecule has 7 heteroatoms. The van der Waals surface area contributed by atoms with Gasteiger partial charge in [0.1, 0.15) is 0 Å². The lowest BCUT2D eigenvalue weighted by Gasteiger charge is -2.09. The first-order valence-electron chi connectivity index (χ1n) is 5.81. The Kier molecular flexibility index (Phi) is 4.18. The third-order valence-corrected chi connectivity index (χ3v) is 3.09. The molecule has 21 heavy (non-hydrogen) atoms. The van der Waals surface area contributed by atoms with E-state index in [1.165, 1.54) is 24.4 Å². The first-order chi connectivity index (χ1) is 9.77. The van der Waals surface area contributed by atoms with Crippen LogP contribution in [0.1, 0.15) is 11.3 Å². The van der Waals surface area contributed by atoms with Gasteiger partial charge in [0.05, 0.1) is 22.7 Å². The van der Waals surface area contributed by atoms with Gasteiger partial charge in [-0.2, -0.15) is 13.2 Å². The molecule has 1 heterocycles. The number of aliphatic carboxylic acids is 1. The number of halogens is 4. The Balaban J connectivity index is 2.39. The van der Waals surface area contributed by atoms with Crippen molar-refractivity contribution in [2.75, 3.05) is 0 Å². The summed E-state index contributed by atoms with van der Waals surface area (Å²) in [5, 5.41) is 8.78. The fourth-order valence-electron chi connectivity index (χ4n) is 1.77. The summed E-state index contributed by atoms with van der Waals surface area (Å²) < 4.78 is 38.0. The summed E-state index contributed by atoms with van der Waals surface area (Å²) in [4.78, 5) is 14.5. The predicted molar refractivity (Wildman–Crippen MR) is 71.0 cm³/mol. The van der Waals surface area contributed by atoms with Crippen LogP contribution in [0.25, 0.3) is 11.1 Å². The molecule has 110 valence electrons. The van der Waals surface area contributed by atoms with Crippen LogP contribution in [-0.2, 0) is 17.4 Å². The number of carbonyl (C=O) groups is 1. The van der Waals surface area contributed by atoms with E-state index in [1.54, 1.807) is 0 Å². The zero-order valence-electron chi connectivity index (χ0n) is 10.5. The van der Waals surface area contributed by atoms with Gasteiger partial charge in [-0.15, -0.1) is 0 Å². The molecule has 1 N–H and O–H groups in total. The summed E-state index contributed by atoms with van der Waals surface area (Å²) in [5.41, 5.74) is 0.0898. The molecular formula is C14H9ClF3NO2. The Labute approximate surface area is 123 Å². The predicted octanol–water partition coefficient (Wildman–Crippen LogP) is 4.05. The molecule has 0 saturated heterocycles. The maximum absolute atomic E-state index is 12.7. The SMILES string of the molecule is O=C(O)Cc1ncc(-c2cccc(C(F)(F)F)c2)cc1Cl. The van der Waals surface area contributed by atoms with Crippen molar-refractivity contribution in [1.82, 2.24) is 4.98 Å². The van der Waals surface area contributed by atoms with Crippen molar-refractivity contribution in [1.29, 1.82) is 0 Å². The van der Waals surface area contributed by atoms with Crippen LogP contribution >= 0.6 is 11.6 Å². The van der Waals surface area contributed by atoms with E-state index in [9.17, 15) is 18.0 Å². The quantitative estimate of drug-likeness (QED) is 0.929. The number of rotatable bonds is 3. The molecule has 0 unspecified atom stereocenters. The minimum Gasteiger partial charge on any atom is -0.481 e. The molecule has 0 aliphatic rings. The summed E-state index contributed by atoms with van der Waals surface area (Å²) in [7, 11) is 0. The lowest BCUT2D eigenvalue weighted by molar-refractivity contribution is -0.138. The highest BCUT2D eigenvalue weighted by molar-refractivity contribution is 6.31. The monoisotopic (exact) mass is 315 g/mol. The van der Waals surface area contributed by atoms with Gasteiger partial charge in [-0.3, -0.25) is 9.78 Å². The lowest BCUT2D eigenvalue weighted by atomic mass is 10.0. The van der Waals surface area contributed by atoms with Crippen LogP contribution in [0.3, 0.4) is 0 Å². The topological polar surface area (TPSA) is 50.2 Å². The fraction of sp³-hybridized carbons (Fsp3) is 0.143. The molecular weight excluding hydrogens is 307 g/mol. The molecule has 0 amide bonds. The molecule has 0 bridgehead atoms. The zero-order valence-corrected chi connectivity index (χ0v) is 11.2. The smallest absolute Gasteiger partial charge is 0.416 e. The number of hydrogen-bond acceptors (Lipinski definition) is 2. The van der Waals surface area contributed by atoms with E-state index < -0.39 is 17.7 Å². The lowest BCUT2D eigenvalue weighted by Crippen LogP contribution is -2.05. The standard InChI is InChI=1S/C14H9ClF3NO2/c15-11-5-9(7-19-12(11)6-13(20)21)8-2-1-3-10(4-8)14(16,17)18/h1-5,7H,6H2,(H,20,21).